The van der Waals surface area contributed by atoms with Gasteiger partial charge in [0, 0.05) is 51.4 Å². The van der Waals surface area contributed by atoms with Gasteiger partial charge in [-0.05, 0) is 51.2 Å². The molecule has 7 heteroatoms. The van der Waals surface area contributed by atoms with Gasteiger partial charge in [-0.15, -0.1) is 24.0 Å². The molecule has 2 fully saturated rings. The maximum absolute atomic E-state index is 5.54. The molecule has 0 radical (unpaired) electrons. The van der Waals surface area contributed by atoms with Gasteiger partial charge in [0.2, 0.25) is 0 Å². The van der Waals surface area contributed by atoms with Crippen molar-refractivity contribution in [2.45, 2.75) is 46.2 Å². The summed E-state index contributed by atoms with van der Waals surface area (Å²) in [7, 11) is 1.75. The van der Waals surface area contributed by atoms with Crippen molar-refractivity contribution in [2.24, 2.45) is 16.8 Å². The predicted molar refractivity (Wildman–Crippen MR) is 138 cm³/mol. The van der Waals surface area contributed by atoms with Crippen LogP contribution in [0.1, 0.15) is 34.1 Å². The molecule has 0 saturated carbocycles. The van der Waals surface area contributed by atoms with Gasteiger partial charge in [0.25, 0.3) is 0 Å². The van der Waals surface area contributed by atoms with Gasteiger partial charge in [-0.25, -0.2) is 0 Å². The number of halogens is 1. The van der Waals surface area contributed by atoms with Gasteiger partial charge in [-0.1, -0.05) is 19.1 Å². The Morgan fingerprint density at radius 1 is 1.23 bits per heavy atom. The van der Waals surface area contributed by atoms with E-state index in [2.05, 4.69) is 60.3 Å². The smallest absolute Gasteiger partial charge is 0.191 e. The van der Waals surface area contributed by atoms with Crippen molar-refractivity contribution in [3.8, 4) is 5.75 Å². The summed E-state index contributed by atoms with van der Waals surface area (Å²) in [5.74, 6) is 3.12. The van der Waals surface area contributed by atoms with Crippen LogP contribution in [-0.4, -0.2) is 69.3 Å². The number of benzene rings is 1. The number of hydrogen-bond acceptors (Lipinski definition) is 4. The Morgan fingerprint density at radius 2 is 2.00 bits per heavy atom. The van der Waals surface area contributed by atoms with Crippen molar-refractivity contribution in [1.82, 2.24) is 15.5 Å². The second kappa shape index (κ2) is 12.0. The predicted octanol–water partition coefficient (Wildman–Crippen LogP) is 3.42. The summed E-state index contributed by atoms with van der Waals surface area (Å²) in [6.07, 6.45) is 1.17. The highest BCUT2D eigenvalue weighted by atomic mass is 127. The fourth-order valence-electron chi connectivity index (χ4n) is 4.42. The van der Waals surface area contributed by atoms with Gasteiger partial charge in [-0.3, -0.25) is 9.89 Å². The summed E-state index contributed by atoms with van der Waals surface area (Å²) in [6, 6.07) is 9.36. The number of guanidine groups is 1. The van der Waals surface area contributed by atoms with Crippen LogP contribution < -0.4 is 20.3 Å². The monoisotopic (exact) mass is 529 g/mol. The van der Waals surface area contributed by atoms with Crippen LogP contribution >= 0.6 is 24.0 Å². The lowest BCUT2D eigenvalue weighted by Gasteiger charge is -2.22. The number of methoxy groups -OCH3 is 1. The Labute approximate surface area is 199 Å². The van der Waals surface area contributed by atoms with E-state index in [4.69, 9.17) is 9.73 Å². The van der Waals surface area contributed by atoms with Crippen LogP contribution in [0.3, 0.4) is 0 Å². The van der Waals surface area contributed by atoms with Crippen LogP contribution in [0.25, 0.3) is 0 Å². The van der Waals surface area contributed by atoms with E-state index in [1.165, 1.54) is 12.1 Å². The van der Waals surface area contributed by atoms with Gasteiger partial charge in [0.1, 0.15) is 5.75 Å². The first-order chi connectivity index (χ1) is 14.0. The Hall–Kier alpha value is -1.22. The number of likely N-dealkylation sites (tertiary alicyclic amines) is 1. The summed E-state index contributed by atoms with van der Waals surface area (Å²) in [5, 5.41) is 7.15. The minimum atomic E-state index is 0. The molecule has 30 heavy (non-hydrogen) atoms. The van der Waals surface area contributed by atoms with E-state index < -0.39 is 0 Å². The quantitative estimate of drug-likeness (QED) is 0.322. The molecular weight excluding hydrogens is 489 g/mol. The average molecular weight is 530 g/mol. The molecule has 2 saturated heterocycles. The van der Waals surface area contributed by atoms with Crippen molar-refractivity contribution in [2.75, 3.05) is 51.3 Å². The maximum Gasteiger partial charge on any atom is 0.191 e. The molecule has 2 N–H and O–H groups in total. The summed E-state index contributed by atoms with van der Waals surface area (Å²) in [5.41, 5.74) is 1.19. The molecule has 0 spiro atoms. The van der Waals surface area contributed by atoms with Crippen LogP contribution in [0.2, 0.25) is 0 Å². The van der Waals surface area contributed by atoms with Gasteiger partial charge < -0.3 is 20.3 Å². The van der Waals surface area contributed by atoms with Crippen LogP contribution in [-0.2, 0) is 0 Å². The summed E-state index contributed by atoms with van der Waals surface area (Å²) in [6.45, 7) is 15.1. The third kappa shape index (κ3) is 6.39. The first-order valence-corrected chi connectivity index (χ1v) is 11.2. The minimum absolute atomic E-state index is 0. The SMILES string of the molecule is CCNC(=NCC1CCN(c2ccccc2OC)C1)NC1CN(C(C)C)CC1C.I. The molecule has 3 atom stereocenters. The second-order valence-corrected chi connectivity index (χ2v) is 8.77. The molecule has 170 valence electrons. The van der Waals surface area contributed by atoms with E-state index in [-0.39, 0.29) is 24.0 Å². The van der Waals surface area contributed by atoms with Crippen molar-refractivity contribution in [3.63, 3.8) is 0 Å². The molecule has 0 amide bonds. The zero-order chi connectivity index (χ0) is 20.8. The van der Waals surface area contributed by atoms with E-state index in [9.17, 15) is 0 Å². The topological polar surface area (TPSA) is 52.1 Å². The van der Waals surface area contributed by atoms with E-state index in [0.29, 0.717) is 23.9 Å². The molecular formula is C23H40IN5O. The number of hydrogen-bond donors (Lipinski definition) is 2. The van der Waals surface area contributed by atoms with E-state index in [1.807, 2.05) is 12.1 Å². The van der Waals surface area contributed by atoms with Gasteiger partial charge in [-0.2, -0.15) is 0 Å². The third-order valence-corrected chi connectivity index (χ3v) is 6.26. The normalized spacial score (nSPS) is 24.8. The highest BCUT2D eigenvalue weighted by Crippen LogP contribution is 2.32. The second-order valence-electron chi connectivity index (χ2n) is 8.77. The number of nitrogens with one attached hydrogen (secondary N) is 2. The molecule has 0 bridgehead atoms. The van der Waals surface area contributed by atoms with Crippen LogP contribution in [0.5, 0.6) is 5.75 Å². The molecule has 2 heterocycles. The fraction of sp³-hybridized carbons (Fsp3) is 0.696. The number of aliphatic imine (C=N–C) groups is 1. The zero-order valence-electron chi connectivity index (χ0n) is 19.2. The van der Waals surface area contributed by atoms with Gasteiger partial charge in [0.05, 0.1) is 12.8 Å². The summed E-state index contributed by atoms with van der Waals surface area (Å²) in [4.78, 5) is 9.93. The van der Waals surface area contributed by atoms with Crippen molar-refractivity contribution < 1.29 is 4.74 Å². The number of anilines is 1. The lowest BCUT2D eigenvalue weighted by molar-refractivity contribution is 0.265. The Balaban J connectivity index is 0.00000320. The van der Waals surface area contributed by atoms with Crippen LogP contribution in [0.15, 0.2) is 29.3 Å². The standard InChI is InChI=1S/C23H39N5O.HI/c1-6-24-23(26-20-16-28(17(2)3)14-18(20)4)25-13-19-11-12-27(15-19)21-9-7-8-10-22(21)29-5;/h7-10,17-20H,6,11-16H2,1-5H3,(H2,24,25,26);1H. The molecule has 3 rings (SSSR count). The first kappa shape index (κ1) is 25.0. The molecule has 2 aliphatic rings. The molecule has 1 aromatic carbocycles. The number of rotatable bonds is 7. The molecule has 2 aliphatic heterocycles. The third-order valence-electron chi connectivity index (χ3n) is 6.26. The van der Waals surface area contributed by atoms with Gasteiger partial charge in [0.15, 0.2) is 5.96 Å². The highest BCUT2D eigenvalue weighted by Gasteiger charge is 2.31. The first-order valence-electron chi connectivity index (χ1n) is 11.2. The average Bonchev–Trinajstić information content (AvgIpc) is 3.33. The van der Waals surface area contributed by atoms with Crippen molar-refractivity contribution in [3.05, 3.63) is 24.3 Å². The number of para-hydroxylation sites is 2. The lowest BCUT2D eigenvalue weighted by Crippen LogP contribution is -2.47. The molecule has 3 unspecified atom stereocenters. The number of nitrogens with zero attached hydrogens (tertiary/aromatic N) is 3. The van der Waals surface area contributed by atoms with E-state index in [0.717, 1.165) is 51.0 Å². The van der Waals surface area contributed by atoms with Gasteiger partial charge >= 0.3 is 0 Å². The Kier molecular flexibility index (Phi) is 10.0. The molecule has 0 aromatic heterocycles. The molecule has 1 aromatic rings. The van der Waals surface area contributed by atoms with E-state index in [1.54, 1.807) is 7.11 Å². The van der Waals surface area contributed by atoms with E-state index >= 15 is 0 Å². The Morgan fingerprint density at radius 3 is 2.67 bits per heavy atom. The highest BCUT2D eigenvalue weighted by molar-refractivity contribution is 14.0. The lowest BCUT2D eigenvalue weighted by atomic mass is 10.1. The van der Waals surface area contributed by atoms with Crippen LogP contribution in [0.4, 0.5) is 5.69 Å². The summed E-state index contributed by atoms with van der Waals surface area (Å²) >= 11 is 0. The minimum Gasteiger partial charge on any atom is -0.495 e. The molecule has 6 nitrogen and oxygen atoms in total. The fourth-order valence-corrected chi connectivity index (χ4v) is 4.42. The van der Waals surface area contributed by atoms with Crippen molar-refractivity contribution >= 4 is 35.6 Å². The maximum atomic E-state index is 5.54. The Bertz CT molecular complexity index is 683. The van der Waals surface area contributed by atoms with Crippen LogP contribution in [0, 0.1) is 11.8 Å². The number of ether oxygens (including phenoxy) is 1. The largest absolute Gasteiger partial charge is 0.495 e. The summed E-state index contributed by atoms with van der Waals surface area (Å²) < 4.78 is 5.54. The molecule has 0 aliphatic carbocycles. The van der Waals surface area contributed by atoms with Crippen molar-refractivity contribution in [1.29, 1.82) is 0 Å². The zero-order valence-corrected chi connectivity index (χ0v) is 21.6.